The first-order valence-corrected chi connectivity index (χ1v) is 7.17. The molecule has 0 unspecified atom stereocenters. The minimum Gasteiger partial charge on any atom is -0.457 e. The topological polar surface area (TPSA) is 55.4 Å². The molecule has 2 aromatic rings. The Morgan fingerprint density at radius 3 is 2.36 bits per heavy atom. The summed E-state index contributed by atoms with van der Waals surface area (Å²) in [7, 11) is 0. The van der Waals surface area contributed by atoms with Crippen LogP contribution in [0.3, 0.4) is 0 Å². The third kappa shape index (κ3) is 5.05. The van der Waals surface area contributed by atoms with Crippen molar-refractivity contribution in [2.75, 3.05) is 5.32 Å². The Hall–Kier alpha value is -2.62. The van der Waals surface area contributed by atoms with Gasteiger partial charge < -0.3 is 14.8 Å². The molecule has 4 heteroatoms. The van der Waals surface area contributed by atoms with E-state index >= 15 is 0 Å². The molecular weight excluding hydrogens is 278 g/mol. The van der Waals surface area contributed by atoms with Gasteiger partial charge >= 0.3 is 0 Å². The van der Waals surface area contributed by atoms with Crippen LogP contribution in [0.2, 0.25) is 0 Å². The van der Waals surface area contributed by atoms with Gasteiger partial charge in [0.1, 0.15) is 17.3 Å². The van der Waals surface area contributed by atoms with E-state index < -0.39 is 0 Å². The number of carbonyl (C=O) groups excluding carboxylic acids is 2. The molecule has 22 heavy (non-hydrogen) atoms. The number of ketones is 1. The molecule has 2 rings (SSSR count). The molecule has 0 heterocycles. The largest absolute Gasteiger partial charge is 0.457 e. The highest BCUT2D eigenvalue weighted by Crippen LogP contribution is 2.23. The molecular formula is C18H19NO3. The molecule has 0 radical (unpaired) electrons. The molecule has 114 valence electrons. The molecule has 4 nitrogen and oxygen atoms in total. The molecule has 0 spiro atoms. The second kappa shape index (κ2) is 7.41. The third-order valence-corrected chi connectivity index (χ3v) is 3.07. The predicted molar refractivity (Wildman–Crippen MR) is 86.2 cm³/mol. The Morgan fingerprint density at radius 1 is 1.00 bits per heavy atom. The zero-order valence-electron chi connectivity index (χ0n) is 12.8. The molecule has 0 saturated carbocycles. The van der Waals surface area contributed by atoms with Crippen LogP contribution in [0.25, 0.3) is 0 Å². The van der Waals surface area contributed by atoms with Gasteiger partial charge in [-0.25, -0.2) is 0 Å². The summed E-state index contributed by atoms with van der Waals surface area (Å²) in [5, 5.41) is 2.75. The highest BCUT2D eigenvalue weighted by Gasteiger charge is 2.04. The first-order chi connectivity index (χ1) is 10.5. The van der Waals surface area contributed by atoms with E-state index in [0.717, 1.165) is 11.3 Å². The molecule has 0 aliphatic heterocycles. The molecule has 0 saturated heterocycles. The van der Waals surface area contributed by atoms with Gasteiger partial charge in [0.2, 0.25) is 5.91 Å². The molecule has 0 bridgehead atoms. The van der Waals surface area contributed by atoms with Crippen molar-refractivity contribution in [2.45, 2.75) is 26.7 Å². The Bertz CT molecular complexity index is 662. The fraction of sp³-hybridized carbons (Fsp3) is 0.222. The molecule has 0 fully saturated rings. The number of hydrogen-bond acceptors (Lipinski definition) is 3. The van der Waals surface area contributed by atoms with Gasteiger partial charge in [0, 0.05) is 18.5 Å². The zero-order valence-corrected chi connectivity index (χ0v) is 12.8. The minimum atomic E-state index is -0.164. The molecule has 1 N–H and O–H groups in total. The number of aryl methyl sites for hydroxylation is 1. The van der Waals surface area contributed by atoms with E-state index in [1.165, 1.54) is 6.92 Å². The van der Waals surface area contributed by atoms with Crippen molar-refractivity contribution in [1.29, 1.82) is 0 Å². The quantitative estimate of drug-likeness (QED) is 0.873. The van der Waals surface area contributed by atoms with Crippen LogP contribution in [0, 0.1) is 6.92 Å². The van der Waals surface area contributed by atoms with Crippen molar-refractivity contribution >= 4 is 17.4 Å². The van der Waals surface area contributed by atoms with Crippen LogP contribution >= 0.6 is 0 Å². The van der Waals surface area contributed by atoms with Gasteiger partial charge in [-0.2, -0.15) is 0 Å². The number of benzene rings is 2. The molecule has 0 aliphatic carbocycles. The van der Waals surface area contributed by atoms with E-state index in [9.17, 15) is 9.59 Å². The number of anilines is 1. The number of hydrogen-bond donors (Lipinski definition) is 1. The maximum atomic E-state index is 11.6. The van der Waals surface area contributed by atoms with Gasteiger partial charge in [0.05, 0.1) is 0 Å². The summed E-state index contributed by atoms with van der Waals surface area (Å²) < 4.78 is 5.74. The zero-order chi connectivity index (χ0) is 15.9. The summed E-state index contributed by atoms with van der Waals surface area (Å²) in [4.78, 5) is 22.5. The smallest absolute Gasteiger partial charge is 0.224 e. The fourth-order valence-corrected chi connectivity index (χ4v) is 1.93. The number of amides is 1. The van der Waals surface area contributed by atoms with Crippen LogP contribution in [-0.4, -0.2) is 11.7 Å². The first kappa shape index (κ1) is 15.8. The highest BCUT2D eigenvalue weighted by molar-refractivity contribution is 5.93. The van der Waals surface area contributed by atoms with E-state index in [1.807, 2.05) is 31.2 Å². The standard InChI is InChI=1S/C18H19NO3/c1-13-4-3-5-17(12-13)22-16-9-7-15(8-10-16)19-18(21)11-6-14(2)20/h3-5,7-10,12H,6,11H2,1-2H3,(H,19,21). The highest BCUT2D eigenvalue weighted by atomic mass is 16.5. The maximum Gasteiger partial charge on any atom is 0.224 e. The van der Waals surface area contributed by atoms with Crippen LogP contribution < -0.4 is 10.1 Å². The van der Waals surface area contributed by atoms with Gasteiger partial charge in [-0.1, -0.05) is 12.1 Å². The van der Waals surface area contributed by atoms with E-state index in [1.54, 1.807) is 24.3 Å². The lowest BCUT2D eigenvalue weighted by molar-refractivity contribution is -0.121. The van der Waals surface area contributed by atoms with E-state index in [2.05, 4.69) is 5.32 Å². The lowest BCUT2D eigenvalue weighted by atomic mass is 10.2. The maximum absolute atomic E-state index is 11.6. The minimum absolute atomic E-state index is 0.0112. The molecule has 0 aliphatic rings. The summed E-state index contributed by atoms with van der Waals surface area (Å²) in [5.74, 6) is 1.32. The Balaban J connectivity index is 1.92. The predicted octanol–water partition coefficient (Wildman–Crippen LogP) is 4.10. The van der Waals surface area contributed by atoms with Crippen molar-refractivity contribution in [3.8, 4) is 11.5 Å². The molecule has 0 aromatic heterocycles. The number of Topliss-reactive ketones (excluding diaryl/α,β-unsaturated/α-hetero) is 1. The number of nitrogens with one attached hydrogen (secondary N) is 1. The number of ether oxygens (including phenoxy) is 1. The molecule has 0 atom stereocenters. The van der Waals surface area contributed by atoms with Crippen LogP contribution in [0.5, 0.6) is 11.5 Å². The van der Waals surface area contributed by atoms with Crippen molar-refractivity contribution in [2.24, 2.45) is 0 Å². The average Bonchev–Trinajstić information content (AvgIpc) is 2.47. The average molecular weight is 297 g/mol. The van der Waals surface area contributed by atoms with Gasteiger partial charge in [-0.15, -0.1) is 0 Å². The monoisotopic (exact) mass is 297 g/mol. The van der Waals surface area contributed by atoms with Crippen LogP contribution in [0.15, 0.2) is 48.5 Å². The first-order valence-electron chi connectivity index (χ1n) is 7.17. The summed E-state index contributed by atoms with van der Waals surface area (Å²) >= 11 is 0. The lowest BCUT2D eigenvalue weighted by Crippen LogP contribution is -2.12. The summed E-state index contributed by atoms with van der Waals surface area (Å²) in [5.41, 5.74) is 1.82. The molecule has 1 amide bonds. The summed E-state index contributed by atoms with van der Waals surface area (Å²) in [6, 6.07) is 14.9. The number of carbonyl (C=O) groups is 2. The van der Waals surface area contributed by atoms with E-state index in [0.29, 0.717) is 11.4 Å². The van der Waals surface area contributed by atoms with Gasteiger partial charge in [-0.3, -0.25) is 4.79 Å². The van der Waals surface area contributed by atoms with Crippen LogP contribution in [0.4, 0.5) is 5.69 Å². The number of rotatable bonds is 6. The Labute approximate surface area is 130 Å². The van der Waals surface area contributed by atoms with E-state index in [-0.39, 0.29) is 24.5 Å². The van der Waals surface area contributed by atoms with Crippen molar-refractivity contribution < 1.29 is 14.3 Å². The SMILES string of the molecule is CC(=O)CCC(=O)Nc1ccc(Oc2cccc(C)c2)cc1. The molecule has 2 aromatic carbocycles. The van der Waals surface area contributed by atoms with Crippen LogP contribution in [0.1, 0.15) is 25.3 Å². The van der Waals surface area contributed by atoms with Gasteiger partial charge in [0.15, 0.2) is 0 Å². The lowest BCUT2D eigenvalue weighted by Gasteiger charge is -2.08. The van der Waals surface area contributed by atoms with Crippen molar-refractivity contribution in [3.05, 3.63) is 54.1 Å². The van der Waals surface area contributed by atoms with Crippen molar-refractivity contribution in [1.82, 2.24) is 0 Å². The Morgan fingerprint density at radius 2 is 1.73 bits per heavy atom. The second-order valence-corrected chi connectivity index (χ2v) is 5.19. The van der Waals surface area contributed by atoms with E-state index in [4.69, 9.17) is 4.74 Å². The summed E-state index contributed by atoms with van der Waals surface area (Å²) in [6.07, 6.45) is 0.470. The normalized spacial score (nSPS) is 10.1. The van der Waals surface area contributed by atoms with Gasteiger partial charge in [0.25, 0.3) is 0 Å². The van der Waals surface area contributed by atoms with Crippen molar-refractivity contribution in [3.63, 3.8) is 0 Å². The second-order valence-electron chi connectivity index (χ2n) is 5.19. The van der Waals surface area contributed by atoms with Gasteiger partial charge in [-0.05, 0) is 55.8 Å². The summed E-state index contributed by atoms with van der Waals surface area (Å²) in [6.45, 7) is 3.48. The van der Waals surface area contributed by atoms with Crippen LogP contribution in [-0.2, 0) is 9.59 Å². The fourth-order valence-electron chi connectivity index (χ4n) is 1.93. The third-order valence-electron chi connectivity index (χ3n) is 3.07. The Kier molecular flexibility index (Phi) is 5.31.